The van der Waals surface area contributed by atoms with E-state index in [1.807, 2.05) is 4.90 Å². The van der Waals surface area contributed by atoms with Gasteiger partial charge in [-0.25, -0.2) is 9.97 Å². The van der Waals surface area contributed by atoms with E-state index in [4.69, 9.17) is 26.8 Å². The molecule has 14 heteroatoms. The molecule has 0 amide bonds. The molecule has 0 aliphatic carbocycles. The van der Waals surface area contributed by atoms with Gasteiger partial charge in [0.25, 0.3) is 0 Å². The average molecular weight is 561 g/mol. The van der Waals surface area contributed by atoms with E-state index in [-0.39, 0.29) is 39.9 Å². The zero-order chi connectivity index (χ0) is 27.7. The van der Waals surface area contributed by atoms with Crippen LogP contribution < -0.4 is 15.8 Å². The molecular formula is C25H24ClF3N8O2. The second-order valence-corrected chi connectivity index (χ2v) is 9.30. The van der Waals surface area contributed by atoms with Crippen LogP contribution in [0.3, 0.4) is 0 Å². The number of benzene rings is 1. The molecule has 39 heavy (non-hydrogen) atoms. The lowest BCUT2D eigenvalue weighted by Crippen LogP contribution is -2.50. The highest BCUT2D eigenvalue weighted by atomic mass is 35.5. The fraction of sp³-hybridized carbons (Fsp3) is 0.280. The number of methoxy groups -OCH3 is 1. The number of rotatable bonds is 8. The number of hydrogen-bond donors (Lipinski definition) is 2. The van der Waals surface area contributed by atoms with Crippen molar-refractivity contribution in [2.75, 3.05) is 25.5 Å². The third-order valence-electron chi connectivity index (χ3n) is 6.23. The zero-order valence-electron chi connectivity index (χ0n) is 20.9. The van der Waals surface area contributed by atoms with Crippen LogP contribution in [-0.4, -0.2) is 55.7 Å². The molecule has 1 aliphatic heterocycles. The Morgan fingerprint density at radius 1 is 1.21 bits per heavy atom. The van der Waals surface area contributed by atoms with Gasteiger partial charge >= 0.3 is 6.18 Å². The Hall–Kier alpha value is -3.94. The van der Waals surface area contributed by atoms with Crippen LogP contribution in [-0.2, 0) is 24.5 Å². The Morgan fingerprint density at radius 3 is 2.67 bits per heavy atom. The van der Waals surface area contributed by atoms with Gasteiger partial charge in [-0.3, -0.25) is 9.88 Å². The first-order chi connectivity index (χ1) is 18.7. The van der Waals surface area contributed by atoms with Crippen molar-refractivity contribution in [3.63, 3.8) is 0 Å². The number of imidazole rings is 1. The minimum atomic E-state index is -4.52. The van der Waals surface area contributed by atoms with Crippen LogP contribution in [0.1, 0.15) is 16.8 Å². The van der Waals surface area contributed by atoms with E-state index in [9.17, 15) is 13.2 Å². The van der Waals surface area contributed by atoms with E-state index >= 15 is 0 Å². The number of aromatic nitrogens is 5. The highest BCUT2D eigenvalue weighted by Gasteiger charge is 2.32. The van der Waals surface area contributed by atoms with Crippen molar-refractivity contribution in [2.45, 2.75) is 18.8 Å². The summed E-state index contributed by atoms with van der Waals surface area (Å²) >= 11 is 6.64. The number of hydrogen-bond acceptors (Lipinski definition) is 9. The normalized spacial score (nSPS) is 15.0. The summed E-state index contributed by atoms with van der Waals surface area (Å²) in [5, 5.41) is 3.17. The fourth-order valence-corrected chi connectivity index (χ4v) is 4.52. The van der Waals surface area contributed by atoms with Gasteiger partial charge in [0.2, 0.25) is 5.95 Å². The number of alkyl halides is 3. The fourth-order valence-electron chi connectivity index (χ4n) is 4.22. The number of nitrogens with one attached hydrogen (secondary N) is 1. The van der Waals surface area contributed by atoms with Crippen molar-refractivity contribution >= 4 is 40.2 Å². The lowest BCUT2D eigenvalue weighted by atomic mass is 10.1. The molecular weight excluding hydrogens is 537 g/mol. The van der Waals surface area contributed by atoms with Crippen LogP contribution in [0.4, 0.5) is 24.8 Å². The second kappa shape index (κ2) is 10.7. The number of anilines is 2. The van der Waals surface area contributed by atoms with E-state index in [0.717, 1.165) is 12.1 Å². The van der Waals surface area contributed by atoms with Crippen molar-refractivity contribution < 1.29 is 22.6 Å². The summed E-state index contributed by atoms with van der Waals surface area (Å²) < 4.78 is 53.8. The van der Waals surface area contributed by atoms with Crippen LogP contribution in [0.25, 0.3) is 16.9 Å². The number of nitrogens with zero attached hydrogens (tertiary/aromatic N) is 6. The molecule has 1 saturated heterocycles. The van der Waals surface area contributed by atoms with Crippen molar-refractivity contribution in [1.29, 1.82) is 0 Å². The highest BCUT2D eigenvalue weighted by Crippen LogP contribution is 2.36. The molecule has 0 spiro atoms. The lowest BCUT2D eigenvalue weighted by molar-refractivity contribution is -0.137. The van der Waals surface area contributed by atoms with Crippen LogP contribution in [0.2, 0.25) is 5.02 Å². The first kappa shape index (κ1) is 26.7. The van der Waals surface area contributed by atoms with Crippen molar-refractivity contribution in [1.82, 2.24) is 29.4 Å². The molecule has 4 aromatic rings. The van der Waals surface area contributed by atoms with Crippen LogP contribution in [0, 0.1) is 0 Å². The second-order valence-electron chi connectivity index (χ2n) is 8.92. The summed E-state index contributed by atoms with van der Waals surface area (Å²) in [5.41, 5.74) is 6.76. The van der Waals surface area contributed by atoms with Gasteiger partial charge in [-0.1, -0.05) is 11.6 Å². The molecule has 0 unspecified atom stereocenters. The monoisotopic (exact) mass is 560 g/mol. The predicted octanol–water partition coefficient (Wildman–Crippen LogP) is 4.34. The average Bonchev–Trinajstić information content (AvgIpc) is 3.21. The van der Waals surface area contributed by atoms with E-state index in [1.165, 1.54) is 31.0 Å². The minimum Gasteiger partial charge on any atom is -0.450 e. The van der Waals surface area contributed by atoms with E-state index in [1.54, 1.807) is 24.8 Å². The molecule has 0 saturated carbocycles. The van der Waals surface area contributed by atoms with Crippen LogP contribution in [0.5, 0.6) is 5.75 Å². The summed E-state index contributed by atoms with van der Waals surface area (Å²) in [6.45, 7) is 1.68. The lowest BCUT2D eigenvalue weighted by Gasteiger charge is -2.38. The van der Waals surface area contributed by atoms with Gasteiger partial charge in [0.1, 0.15) is 16.2 Å². The summed E-state index contributed by atoms with van der Waals surface area (Å²) in [6.07, 6.45) is 2.66. The summed E-state index contributed by atoms with van der Waals surface area (Å²) in [6, 6.07) is 3.86. The SMILES string of the molecule is COC1CN(Cc2cc(Nc3nc4ncc(OC(=CN)c5cnccn5)c(Cl)c4n3C)cc(C(F)(F)F)c2)C1. The Morgan fingerprint density at radius 2 is 2.00 bits per heavy atom. The number of aryl methyl sites for hydroxylation is 1. The summed E-state index contributed by atoms with van der Waals surface area (Å²) in [5.74, 6) is 0.641. The number of halogens is 4. The smallest absolute Gasteiger partial charge is 0.416 e. The Balaban J connectivity index is 1.44. The molecule has 0 bridgehead atoms. The van der Waals surface area contributed by atoms with E-state index in [2.05, 4.69) is 25.3 Å². The Kier molecular flexibility index (Phi) is 7.30. The van der Waals surface area contributed by atoms with Gasteiger partial charge < -0.3 is 25.1 Å². The maximum absolute atomic E-state index is 13.7. The van der Waals surface area contributed by atoms with Crippen molar-refractivity contribution in [2.24, 2.45) is 12.8 Å². The first-order valence-electron chi connectivity index (χ1n) is 11.8. The van der Waals surface area contributed by atoms with Gasteiger partial charge in [-0.15, -0.1) is 0 Å². The Bertz CT molecular complexity index is 1520. The highest BCUT2D eigenvalue weighted by molar-refractivity contribution is 6.36. The van der Waals surface area contributed by atoms with Crippen LogP contribution in [0.15, 0.2) is 49.2 Å². The van der Waals surface area contributed by atoms with Gasteiger partial charge in [0.15, 0.2) is 17.2 Å². The topological polar surface area (TPSA) is 116 Å². The maximum Gasteiger partial charge on any atom is 0.416 e. The molecule has 3 N–H and O–H groups in total. The van der Waals surface area contributed by atoms with Gasteiger partial charge in [0, 0.05) is 58.1 Å². The first-order valence-corrected chi connectivity index (χ1v) is 12.1. The van der Waals surface area contributed by atoms with E-state index < -0.39 is 11.7 Å². The maximum atomic E-state index is 13.7. The number of likely N-dealkylation sites (tertiary alicyclic amines) is 1. The van der Waals surface area contributed by atoms with Crippen molar-refractivity contribution in [3.8, 4) is 5.75 Å². The van der Waals surface area contributed by atoms with E-state index in [0.29, 0.717) is 36.4 Å². The molecule has 1 aliphatic rings. The number of nitrogens with two attached hydrogens (primary N) is 1. The standard InChI is InChI=1S/C25H24ClF3N8O2/c1-36-22-21(26)20(39-19(8-30)18-9-31-3-4-32-18)10-33-23(22)35-24(36)34-16-6-14(5-15(7-16)25(27,28)29)11-37-12-17(13-37)38-2/h3-10,17H,11-13,30H2,1-2H3,(H,33,34,35). The minimum absolute atomic E-state index is 0.0940. The third-order valence-corrected chi connectivity index (χ3v) is 6.60. The third kappa shape index (κ3) is 5.60. The molecule has 4 heterocycles. The zero-order valence-corrected chi connectivity index (χ0v) is 21.7. The van der Waals surface area contributed by atoms with Crippen LogP contribution >= 0.6 is 11.6 Å². The largest absolute Gasteiger partial charge is 0.450 e. The number of pyridine rings is 1. The molecule has 3 aromatic heterocycles. The number of fused-ring (bicyclic) bond motifs is 1. The summed E-state index contributed by atoms with van der Waals surface area (Å²) in [7, 11) is 3.28. The molecule has 0 radical (unpaired) electrons. The number of ether oxygens (including phenoxy) is 2. The Labute approximate surface area is 226 Å². The molecule has 10 nitrogen and oxygen atoms in total. The summed E-state index contributed by atoms with van der Waals surface area (Å²) in [4.78, 5) is 18.9. The van der Waals surface area contributed by atoms with Gasteiger partial charge in [-0.05, 0) is 23.8 Å². The molecule has 0 atom stereocenters. The van der Waals surface area contributed by atoms with Gasteiger partial charge in [-0.2, -0.15) is 18.2 Å². The molecule has 5 rings (SSSR count). The predicted molar refractivity (Wildman–Crippen MR) is 139 cm³/mol. The van der Waals surface area contributed by atoms with Gasteiger partial charge in [0.05, 0.1) is 24.1 Å². The molecule has 1 aromatic carbocycles. The molecule has 1 fully saturated rings. The quantitative estimate of drug-likeness (QED) is 0.303. The molecule has 204 valence electrons. The van der Waals surface area contributed by atoms with Crippen molar-refractivity contribution in [3.05, 3.63) is 71.0 Å².